The first-order chi connectivity index (χ1) is 8.34. The lowest BCUT2D eigenvalue weighted by atomic mass is 10.4. The lowest BCUT2D eigenvalue weighted by Gasteiger charge is -2.06. The Kier molecular flexibility index (Phi) is 3.75. The van der Waals surface area contributed by atoms with Crippen molar-refractivity contribution in [2.45, 2.75) is 6.54 Å². The average Bonchev–Trinajstić information content (AvgIpc) is 2.88. The average molecular weight is 231 g/mol. The fourth-order valence-electron chi connectivity index (χ4n) is 1.30. The summed E-state index contributed by atoms with van der Waals surface area (Å²) in [7, 11) is 0. The molecule has 0 aromatic carbocycles. The third kappa shape index (κ3) is 3.64. The molecule has 0 bridgehead atoms. The fourth-order valence-corrected chi connectivity index (χ4v) is 1.30. The van der Waals surface area contributed by atoms with E-state index >= 15 is 0 Å². The van der Waals surface area contributed by atoms with E-state index in [0.717, 1.165) is 5.69 Å². The minimum atomic E-state index is -0.163. The van der Waals surface area contributed by atoms with E-state index in [0.29, 0.717) is 12.3 Å². The number of amides is 1. The van der Waals surface area contributed by atoms with Crippen LogP contribution in [-0.2, 0) is 11.3 Å². The second kappa shape index (κ2) is 5.69. The second-order valence-electron chi connectivity index (χ2n) is 3.45. The number of hydrogen-bond donors (Lipinski definition) is 2. The molecule has 2 aromatic rings. The number of carbonyl (C=O) groups excluding carboxylic acids is 1. The topological polar surface area (TPSA) is 67.0 Å². The minimum Gasteiger partial charge on any atom is -0.482 e. The van der Waals surface area contributed by atoms with Gasteiger partial charge in [-0.3, -0.25) is 9.78 Å². The number of aromatic amines is 1. The zero-order valence-electron chi connectivity index (χ0n) is 9.22. The molecule has 5 heteroatoms. The van der Waals surface area contributed by atoms with Crippen molar-refractivity contribution in [3.8, 4) is 5.75 Å². The Labute approximate surface area is 98.8 Å². The summed E-state index contributed by atoms with van der Waals surface area (Å²) in [6.07, 6.45) is 5.03. The van der Waals surface area contributed by atoms with Gasteiger partial charge in [0.15, 0.2) is 6.61 Å². The Balaban J connectivity index is 1.71. The molecule has 5 nitrogen and oxygen atoms in total. The van der Waals surface area contributed by atoms with Crippen LogP contribution in [0.1, 0.15) is 5.69 Å². The number of nitrogens with zero attached hydrogens (tertiary/aromatic N) is 1. The van der Waals surface area contributed by atoms with Crippen LogP contribution in [0.5, 0.6) is 5.75 Å². The number of ether oxygens (including phenoxy) is 1. The van der Waals surface area contributed by atoms with Gasteiger partial charge in [0, 0.05) is 18.1 Å². The van der Waals surface area contributed by atoms with Gasteiger partial charge in [-0.2, -0.15) is 0 Å². The molecule has 0 saturated heterocycles. The minimum absolute atomic E-state index is 0.00754. The fraction of sp³-hybridized carbons (Fsp3) is 0.167. The van der Waals surface area contributed by atoms with Crippen molar-refractivity contribution >= 4 is 5.91 Å². The van der Waals surface area contributed by atoms with Gasteiger partial charge in [0.2, 0.25) is 0 Å². The van der Waals surface area contributed by atoms with Gasteiger partial charge in [0.05, 0.1) is 12.7 Å². The van der Waals surface area contributed by atoms with Crippen LogP contribution in [0.3, 0.4) is 0 Å². The highest BCUT2D eigenvalue weighted by Gasteiger charge is 2.02. The highest BCUT2D eigenvalue weighted by atomic mass is 16.5. The van der Waals surface area contributed by atoms with Crippen molar-refractivity contribution in [2.75, 3.05) is 6.61 Å². The van der Waals surface area contributed by atoms with Crippen LogP contribution in [0.15, 0.2) is 42.9 Å². The van der Waals surface area contributed by atoms with Crippen LogP contribution < -0.4 is 10.1 Å². The van der Waals surface area contributed by atoms with E-state index in [1.165, 1.54) is 0 Å². The maximum absolute atomic E-state index is 11.4. The molecule has 0 aliphatic heterocycles. The standard InChI is InChI=1S/C12H13N3O2/c16-12(15-7-10-3-1-6-14-10)9-17-11-4-2-5-13-8-11/h1-6,8,14H,7,9H2,(H,15,16). The largest absolute Gasteiger partial charge is 0.482 e. The van der Waals surface area contributed by atoms with E-state index in [-0.39, 0.29) is 12.5 Å². The molecule has 0 radical (unpaired) electrons. The summed E-state index contributed by atoms with van der Waals surface area (Å²) < 4.78 is 5.25. The molecular weight excluding hydrogens is 218 g/mol. The molecule has 0 spiro atoms. The molecule has 2 aromatic heterocycles. The van der Waals surface area contributed by atoms with E-state index in [1.807, 2.05) is 18.3 Å². The number of carbonyl (C=O) groups is 1. The van der Waals surface area contributed by atoms with Gasteiger partial charge < -0.3 is 15.0 Å². The SMILES string of the molecule is O=C(COc1cccnc1)NCc1ccc[nH]1. The highest BCUT2D eigenvalue weighted by Crippen LogP contribution is 2.05. The zero-order valence-corrected chi connectivity index (χ0v) is 9.22. The van der Waals surface area contributed by atoms with Gasteiger partial charge in [-0.15, -0.1) is 0 Å². The molecule has 0 atom stereocenters. The summed E-state index contributed by atoms with van der Waals surface area (Å²) in [5.74, 6) is 0.422. The maximum Gasteiger partial charge on any atom is 0.258 e. The first-order valence-electron chi connectivity index (χ1n) is 5.26. The first-order valence-corrected chi connectivity index (χ1v) is 5.26. The van der Waals surface area contributed by atoms with Gasteiger partial charge in [-0.1, -0.05) is 0 Å². The number of hydrogen-bond acceptors (Lipinski definition) is 3. The van der Waals surface area contributed by atoms with Crippen molar-refractivity contribution in [3.63, 3.8) is 0 Å². The molecule has 2 heterocycles. The third-order valence-electron chi connectivity index (χ3n) is 2.14. The van der Waals surface area contributed by atoms with Crippen LogP contribution in [0.25, 0.3) is 0 Å². The van der Waals surface area contributed by atoms with Gasteiger partial charge in [-0.25, -0.2) is 0 Å². The van der Waals surface area contributed by atoms with Crippen molar-refractivity contribution in [1.29, 1.82) is 0 Å². The van der Waals surface area contributed by atoms with Crippen molar-refractivity contribution in [1.82, 2.24) is 15.3 Å². The molecule has 0 aliphatic carbocycles. The van der Waals surface area contributed by atoms with Gasteiger partial charge in [0.1, 0.15) is 5.75 Å². The zero-order chi connectivity index (χ0) is 11.9. The predicted molar refractivity (Wildman–Crippen MR) is 62.4 cm³/mol. The van der Waals surface area contributed by atoms with Crippen molar-refractivity contribution in [2.24, 2.45) is 0 Å². The lowest BCUT2D eigenvalue weighted by molar-refractivity contribution is -0.123. The van der Waals surface area contributed by atoms with Gasteiger partial charge in [0.25, 0.3) is 5.91 Å². The second-order valence-corrected chi connectivity index (χ2v) is 3.45. The summed E-state index contributed by atoms with van der Waals surface area (Å²) in [5.41, 5.74) is 0.958. The molecule has 0 aliphatic rings. The number of aromatic nitrogens is 2. The van der Waals surface area contributed by atoms with Crippen LogP contribution in [-0.4, -0.2) is 22.5 Å². The molecule has 2 rings (SSSR count). The van der Waals surface area contributed by atoms with E-state index in [2.05, 4.69) is 15.3 Å². The normalized spacial score (nSPS) is 9.88. The molecule has 0 saturated carbocycles. The predicted octanol–water partition coefficient (Wildman–Crippen LogP) is 1.10. The summed E-state index contributed by atoms with van der Waals surface area (Å²) in [6.45, 7) is 0.467. The molecule has 2 N–H and O–H groups in total. The summed E-state index contributed by atoms with van der Waals surface area (Å²) in [4.78, 5) is 18.3. The molecule has 0 unspecified atom stereocenters. The third-order valence-corrected chi connectivity index (χ3v) is 2.14. The van der Waals surface area contributed by atoms with Crippen LogP contribution in [0, 0.1) is 0 Å². The number of nitrogens with one attached hydrogen (secondary N) is 2. The Morgan fingerprint density at radius 3 is 3.06 bits per heavy atom. The smallest absolute Gasteiger partial charge is 0.258 e. The summed E-state index contributed by atoms with van der Waals surface area (Å²) in [5, 5.41) is 2.74. The molecule has 88 valence electrons. The lowest BCUT2D eigenvalue weighted by Crippen LogP contribution is -2.28. The molecule has 0 fully saturated rings. The number of pyridine rings is 1. The quantitative estimate of drug-likeness (QED) is 0.809. The van der Waals surface area contributed by atoms with Crippen LogP contribution >= 0.6 is 0 Å². The number of H-pyrrole nitrogens is 1. The van der Waals surface area contributed by atoms with Crippen molar-refractivity contribution in [3.05, 3.63) is 48.5 Å². The molecule has 17 heavy (non-hydrogen) atoms. The van der Waals surface area contributed by atoms with Gasteiger partial charge >= 0.3 is 0 Å². The van der Waals surface area contributed by atoms with E-state index < -0.39 is 0 Å². The Morgan fingerprint density at radius 2 is 2.35 bits per heavy atom. The Hall–Kier alpha value is -2.30. The maximum atomic E-state index is 11.4. The highest BCUT2D eigenvalue weighted by molar-refractivity contribution is 5.77. The van der Waals surface area contributed by atoms with E-state index in [9.17, 15) is 4.79 Å². The van der Waals surface area contributed by atoms with Gasteiger partial charge in [-0.05, 0) is 24.3 Å². The number of rotatable bonds is 5. The van der Waals surface area contributed by atoms with E-state index in [4.69, 9.17) is 4.74 Å². The molecule has 1 amide bonds. The summed E-state index contributed by atoms with van der Waals surface area (Å²) >= 11 is 0. The Morgan fingerprint density at radius 1 is 1.41 bits per heavy atom. The summed E-state index contributed by atoms with van der Waals surface area (Å²) in [6, 6.07) is 7.30. The van der Waals surface area contributed by atoms with Crippen LogP contribution in [0.2, 0.25) is 0 Å². The monoisotopic (exact) mass is 231 g/mol. The van der Waals surface area contributed by atoms with Crippen LogP contribution in [0.4, 0.5) is 0 Å². The Bertz CT molecular complexity index is 454. The first kappa shape index (κ1) is 11.2. The van der Waals surface area contributed by atoms with Crippen molar-refractivity contribution < 1.29 is 9.53 Å². The molecular formula is C12H13N3O2. The van der Waals surface area contributed by atoms with E-state index in [1.54, 1.807) is 24.5 Å².